The van der Waals surface area contributed by atoms with Gasteiger partial charge in [0, 0.05) is 5.56 Å². The Morgan fingerprint density at radius 1 is 0.944 bits per heavy atom. The van der Waals surface area contributed by atoms with Crippen LogP contribution in [0.5, 0.6) is 0 Å². The lowest BCUT2D eigenvalue weighted by atomic mass is 9.99. The van der Waals surface area contributed by atoms with Crippen molar-refractivity contribution in [2.45, 2.75) is 12.6 Å². The van der Waals surface area contributed by atoms with E-state index in [1.54, 1.807) is 0 Å². The number of rotatable bonds is 1. The maximum absolute atomic E-state index is 13.4. The van der Waals surface area contributed by atoms with Crippen molar-refractivity contribution in [2.24, 2.45) is 0 Å². The summed E-state index contributed by atoms with van der Waals surface area (Å²) in [6, 6.07) is 2.31. The Labute approximate surface area is 96.7 Å². The lowest BCUT2D eigenvalue weighted by Crippen LogP contribution is -2.16. The molecule has 0 heterocycles. The molecule has 0 atom stereocenters. The van der Waals surface area contributed by atoms with E-state index in [2.05, 4.69) is 0 Å². The van der Waals surface area contributed by atoms with Gasteiger partial charge in [0.15, 0.2) is 11.6 Å². The summed E-state index contributed by atoms with van der Waals surface area (Å²) in [7, 11) is 0. The van der Waals surface area contributed by atoms with E-state index in [9.17, 15) is 26.3 Å². The van der Waals surface area contributed by atoms with Crippen LogP contribution in [0.1, 0.15) is 16.7 Å². The molecular formula is C10H2F6N2. The zero-order chi connectivity index (χ0) is 14.1. The third-order valence-corrected chi connectivity index (χ3v) is 2.07. The Kier molecular flexibility index (Phi) is 3.52. The molecule has 18 heavy (non-hydrogen) atoms. The molecule has 0 saturated carbocycles. The molecule has 1 aromatic carbocycles. The van der Waals surface area contributed by atoms with Gasteiger partial charge in [-0.15, -0.1) is 0 Å². The van der Waals surface area contributed by atoms with Gasteiger partial charge in [-0.2, -0.15) is 23.7 Å². The fourth-order valence-corrected chi connectivity index (χ4v) is 1.32. The van der Waals surface area contributed by atoms with Gasteiger partial charge in [-0.25, -0.2) is 13.2 Å². The van der Waals surface area contributed by atoms with Gasteiger partial charge in [0.05, 0.1) is 18.1 Å². The van der Waals surface area contributed by atoms with Crippen LogP contribution in [0.4, 0.5) is 26.3 Å². The minimum Gasteiger partial charge on any atom is -0.206 e. The summed E-state index contributed by atoms with van der Waals surface area (Å²) in [4.78, 5) is 0. The highest BCUT2D eigenvalue weighted by Gasteiger charge is 2.41. The van der Waals surface area contributed by atoms with Crippen LogP contribution in [-0.2, 0) is 12.6 Å². The molecule has 0 N–H and O–H groups in total. The predicted molar refractivity (Wildman–Crippen MR) is 45.4 cm³/mol. The first-order chi connectivity index (χ1) is 8.25. The van der Waals surface area contributed by atoms with Crippen LogP contribution in [0.3, 0.4) is 0 Å². The van der Waals surface area contributed by atoms with E-state index in [-0.39, 0.29) is 0 Å². The summed E-state index contributed by atoms with van der Waals surface area (Å²) in [6.45, 7) is 0. The van der Waals surface area contributed by atoms with Gasteiger partial charge >= 0.3 is 6.18 Å². The van der Waals surface area contributed by atoms with Crippen molar-refractivity contribution in [1.82, 2.24) is 0 Å². The highest BCUT2D eigenvalue weighted by atomic mass is 19.4. The summed E-state index contributed by atoms with van der Waals surface area (Å²) in [6.07, 6.45) is -6.44. The van der Waals surface area contributed by atoms with E-state index >= 15 is 0 Å². The fraction of sp³-hybridized carbons (Fsp3) is 0.200. The largest absolute Gasteiger partial charge is 0.422 e. The number of halogens is 6. The minimum absolute atomic E-state index is 0.977. The average Bonchev–Trinajstić information content (AvgIpc) is 2.25. The lowest BCUT2D eigenvalue weighted by Gasteiger charge is -2.13. The second kappa shape index (κ2) is 4.57. The van der Waals surface area contributed by atoms with Gasteiger partial charge in [0.1, 0.15) is 17.4 Å². The van der Waals surface area contributed by atoms with Crippen LogP contribution in [0.2, 0.25) is 0 Å². The van der Waals surface area contributed by atoms with E-state index in [0.717, 1.165) is 6.07 Å². The van der Waals surface area contributed by atoms with Crippen molar-refractivity contribution in [3.8, 4) is 12.1 Å². The number of alkyl halides is 3. The molecule has 0 unspecified atom stereocenters. The molecule has 0 aliphatic rings. The van der Waals surface area contributed by atoms with Crippen LogP contribution in [0, 0.1) is 40.1 Å². The summed E-state index contributed by atoms with van der Waals surface area (Å²) in [5.41, 5.74) is -4.78. The molecule has 0 amide bonds. The number of hydrogen-bond donors (Lipinski definition) is 0. The van der Waals surface area contributed by atoms with Gasteiger partial charge in [-0.3, -0.25) is 0 Å². The smallest absolute Gasteiger partial charge is 0.206 e. The minimum atomic E-state index is -5.47. The van der Waals surface area contributed by atoms with Crippen molar-refractivity contribution in [3.63, 3.8) is 0 Å². The first kappa shape index (κ1) is 13.8. The van der Waals surface area contributed by atoms with Crippen LogP contribution in [0.25, 0.3) is 0 Å². The highest BCUT2D eigenvalue weighted by Crippen LogP contribution is 2.37. The second-order valence-corrected chi connectivity index (χ2v) is 3.11. The van der Waals surface area contributed by atoms with Gasteiger partial charge in [0.25, 0.3) is 0 Å². The van der Waals surface area contributed by atoms with Gasteiger partial charge in [0.2, 0.25) is 0 Å². The second-order valence-electron chi connectivity index (χ2n) is 3.11. The maximum atomic E-state index is 13.4. The highest BCUT2D eigenvalue weighted by molar-refractivity contribution is 5.45. The molecule has 1 aromatic rings. The molecule has 1 rings (SSSR count). The average molecular weight is 264 g/mol. The first-order valence-electron chi connectivity index (χ1n) is 4.29. The topological polar surface area (TPSA) is 47.6 Å². The van der Waals surface area contributed by atoms with Crippen molar-refractivity contribution in [1.29, 1.82) is 10.5 Å². The number of benzene rings is 1. The molecule has 0 radical (unpaired) electrons. The molecule has 0 aromatic heterocycles. The molecule has 2 nitrogen and oxygen atoms in total. The van der Waals surface area contributed by atoms with E-state index < -0.39 is 46.7 Å². The molecule has 94 valence electrons. The van der Waals surface area contributed by atoms with Crippen LogP contribution in [-0.4, -0.2) is 0 Å². The Morgan fingerprint density at radius 2 is 1.50 bits per heavy atom. The number of hydrogen-bond acceptors (Lipinski definition) is 2. The number of nitrogens with zero attached hydrogens (tertiary/aromatic N) is 2. The summed E-state index contributed by atoms with van der Waals surface area (Å²) in [5.74, 6) is -6.74. The standard InChI is InChI=1S/C10H2F6N2/c11-7-4(1-2-17)5(3-18)8(12)9(13)6(7)10(14,15)16/h1H2. The molecule has 8 heteroatoms. The van der Waals surface area contributed by atoms with Crippen molar-refractivity contribution >= 4 is 0 Å². The monoisotopic (exact) mass is 264 g/mol. The SMILES string of the molecule is N#CCc1c(F)c(C(F)(F)F)c(F)c(F)c1C#N. The molecule has 0 saturated heterocycles. The number of nitriles is 2. The summed E-state index contributed by atoms with van der Waals surface area (Å²) >= 11 is 0. The molecule has 0 spiro atoms. The van der Waals surface area contributed by atoms with Crippen LogP contribution >= 0.6 is 0 Å². The quantitative estimate of drug-likeness (QED) is 0.578. The van der Waals surface area contributed by atoms with Crippen molar-refractivity contribution in [2.75, 3.05) is 0 Å². The van der Waals surface area contributed by atoms with Crippen molar-refractivity contribution in [3.05, 3.63) is 34.1 Å². The normalized spacial score (nSPS) is 10.9. The summed E-state index contributed by atoms with van der Waals surface area (Å²) in [5, 5.41) is 16.7. The molecule has 0 aliphatic heterocycles. The first-order valence-corrected chi connectivity index (χ1v) is 4.29. The predicted octanol–water partition coefficient (Wildman–Crippen LogP) is 3.06. The zero-order valence-electron chi connectivity index (χ0n) is 8.37. The molecule has 0 fully saturated rings. The third-order valence-electron chi connectivity index (χ3n) is 2.07. The third kappa shape index (κ3) is 2.09. The Morgan fingerprint density at radius 3 is 1.89 bits per heavy atom. The van der Waals surface area contributed by atoms with Gasteiger partial charge in [-0.1, -0.05) is 0 Å². The Bertz CT molecular complexity index is 576. The van der Waals surface area contributed by atoms with Gasteiger partial charge < -0.3 is 0 Å². The van der Waals surface area contributed by atoms with E-state index in [0.29, 0.717) is 0 Å². The maximum Gasteiger partial charge on any atom is 0.422 e. The summed E-state index contributed by atoms with van der Waals surface area (Å²) < 4.78 is 76.7. The molecular weight excluding hydrogens is 262 g/mol. The lowest BCUT2D eigenvalue weighted by molar-refractivity contribution is -0.142. The van der Waals surface area contributed by atoms with Crippen molar-refractivity contribution < 1.29 is 26.3 Å². The van der Waals surface area contributed by atoms with Crippen LogP contribution in [0.15, 0.2) is 0 Å². The fourth-order valence-electron chi connectivity index (χ4n) is 1.32. The van der Waals surface area contributed by atoms with E-state index in [1.165, 1.54) is 6.07 Å². The molecule has 0 bridgehead atoms. The van der Waals surface area contributed by atoms with Crippen LogP contribution < -0.4 is 0 Å². The zero-order valence-corrected chi connectivity index (χ0v) is 8.37. The van der Waals surface area contributed by atoms with E-state index in [4.69, 9.17) is 10.5 Å². The Balaban J connectivity index is 3.81. The molecule has 0 aliphatic carbocycles. The van der Waals surface area contributed by atoms with Gasteiger partial charge in [-0.05, 0) is 0 Å². The Hall–Kier alpha value is -2.22. The van der Waals surface area contributed by atoms with E-state index in [1.807, 2.05) is 0 Å².